The highest BCUT2D eigenvalue weighted by molar-refractivity contribution is 5.96. The van der Waals surface area contributed by atoms with Crippen molar-refractivity contribution in [1.82, 2.24) is 9.88 Å². The van der Waals surface area contributed by atoms with Crippen molar-refractivity contribution in [2.75, 3.05) is 18.4 Å². The summed E-state index contributed by atoms with van der Waals surface area (Å²) in [5.41, 5.74) is 2.31. The molecule has 1 aliphatic heterocycles. The number of nitrogens with zero attached hydrogens (tertiary/aromatic N) is 3. The second-order valence-corrected chi connectivity index (χ2v) is 6.93. The molecule has 0 atom stereocenters. The van der Waals surface area contributed by atoms with Gasteiger partial charge in [0.25, 0.3) is 5.69 Å². The van der Waals surface area contributed by atoms with Gasteiger partial charge in [0.1, 0.15) is 0 Å². The van der Waals surface area contributed by atoms with Crippen LogP contribution in [0.3, 0.4) is 0 Å². The zero-order chi connectivity index (χ0) is 16.7. The fraction of sp³-hybridized carbons (Fsp3) is 0.500. The number of fused-ring (bicyclic) bond motifs is 1. The van der Waals surface area contributed by atoms with E-state index in [9.17, 15) is 10.1 Å². The summed E-state index contributed by atoms with van der Waals surface area (Å²) in [6.07, 6.45) is 4.95. The van der Waals surface area contributed by atoms with E-state index in [0.29, 0.717) is 11.6 Å². The van der Waals surface area contributed by atoms with Crippen LogP contribution in [0.2, 0.25) is 0 Å². The summed E-state index contributed by atoms with van der Waals surface area (Å²) < 4.78 is 0. The van der Waals surface area contributed by atoms with Crippen molar-refractivity contribution < 1.29 is 4.92 Å². The Morgan fingerprint density at radius 1 is 1.25 bits per heavy atom. The summed E-state index contributed by atoms with van der Waals surface area (Å²) in [5, 5.41) is 15.7. The first-order chi connectivity index (χ1) is 11.6. The van der Waals surface area contributed by atoms with Crippen LogP contribution in [0.25, 0.3) is 10.9 Å². The number of anilines is 1. The minimum Gasteiger partial charge on any atom is -0.382 e. The molecule has 0 radical (unpaired) electrons. The summed E-state index contributed by atoms with van der Waals surface area (Å²) in [6, 6.07) is 8.42. The number of nitrogens with one attached hydrogen (secondary N) is 1. The standard InChI is InChI=1S/C18H22N4O2/c1-12-11-16(15-3-2-4-17(22(23)24)18(15)19-12)20-13-7-9-21(10-8-13)14-5-6-14/h2-4,11,13-14H,5-10H2,1H3,(H,19,20). The lowest BCUT2D eigenvalue weighted by Crippen LogP contribution is -2.40. The molecule has 6 nitrogen and oxygen atoms in total. The average Bonchev–Trinajstić information content (AvgIpc) is 3.39. The third-order valence-electron chi connectivity index (χ3n) is 5.10. The molecule has 6 heteroatoms. The number of likely N-dealkylation sites (tertiary alicyclic amines) is 1. The van der Waals surface area contributed by atoms with Gasteiger partial charge >= 0.3 is 0 Å². The Labute approximate surface area is 141 Å². The molecule has 1 aliphatic carbocycles. The van der Waals surface area contributed by atoms with Gasteiger partial charge in [0, 0.05) is 48.0 Å². The van der Waals surface area contributed by atoms with Gasteiger partial charge in [0.05, 0.1) is 4.92 Å². The van der Waals surface area contributed by atoms with Crippen LogP contribution >= 0.6 is 0 Å². The van der Waals surface area contributed by atoms with Crippen molar-refractivity contribution >= 4 is 22.3 Å². The molecule has 4 rings (SSSR count). The number of nitro groups is 1. The highest BCUT2D eigenvalue weighted by Crippen LogP contribution is 2.33. The van der Waals surface area contributed by atoms with E-state index in [-0.39, 0.29) is 10.6 Å². The van der Waals surface area contributed by atoms with Crippen LogP contribution < -0.4 is 5.32 Å². The molecular weight excluding hydrogens is 304 g/mol. The van der Waals surface area contributed by atoms with Crippen molar-refractivity contribution in [3.8, 4) is 0 Å². The van der Waals surface area contributed by atoms with Crippen molar-refractivity contribution in [1.29, 1.82) is 0 Å². The van der Waals surface area contributed by atoms with E-state index in [0.717, 1.165) is 48.7 Å². The number of hydrogen-bond donors (Lipinski definition) is 1. The van der Waals surface area contributed by atoms with Crippen molar-refractivity contribution in [2.24, 2.45) is 0 Å². The van der Waals surface area contributed by atoms with Gasteiger partial charge in [-0.1, -0.05) is 12.1 Å². The number of hydrogen-bond acceptors (Lipinski definition) is 5. The highest BCUT2D eigenvalue weighted by Gasteiger charge is 2.31. The van der Waals surface area contributed by atoms with Gasteiger partial charge in [0.2, 0.25) is 0 Å². The molecule has 126 valence electrons. The molecule has 2 fully saturated rings. The Balaban J connectivity index is 1.59. The maximum Gasteiger partial charge on any atom is 0.295 e. The van der Waals surface area contributed by atoms with E-state index < -0.39 is 0 Å². The zero-order valence-electron chi connectivity index (χ0n) is 13.9. The van der Waals surface area contributed by atoms with Crippen LogP contribution in [0, 0.1) is 17.0 Å². The second-order valence-electron chi connectivity index (χ2n) is 6.93. The van der Waals surface area contributed by atoms with Gasteiger partial charge in [-0.3, -0.25) is 10.1 Å². The van der Waals surface area contributed by atoms with E-state index >= 15 is 0 Å². The Hall–Kier alpha value is -2.21. The fourth-order valence-electron chi connectivity index (χ4n) is 3.70. The van der Waals surface area contributed by atoms with Gasteiger partial charge in [-0.25, -0.2) is 4.98 Å². The second kappa shape index (κ2) is 6.02. The molecule has 1 saturated carbocycles. The molecule has 0 amide bonds. The molecule has 0 bridgehead atoms. The molecule has 0 unspecified atom stereocenters. The lowest BCUT2D eigenvalue weighted by Gasteiger charge is -2.33. The van der Waals surface area contributed by atoms with Gasteiger partial charge in [0.15, 0.2) is 5.52 Å². The third-order valence-corrected chi connectivity index (χ3v) is 5.10. The van der Waals surface area contributed by atoms with Gasteiger partial charge in [-0.05, 0) is 38.7 Å². The number of para-hydroxylation sites is 1. The number of piperidine rings is 1. The average molecular weight is 326 g/mol. The lowest BCUT2D eigenvalue weighted by molar-refractivity contribution is -0.383. The number of benzene rings is 1. The molecule has 1 N–H and O–H groups in total. The molecule has 1 aromatic carbocycles. The minimum absolute atomic E-state index is 0.0720. The first kappa shape index (κ1) is 15.3. The Morgan fingerprint density at radius 3 is 2.67 bits per heavy atom. The van der Waals surface area contributed by atoms with E-state index in [1.807, 2.05) is 19.1 Å². The smallest absolute Gasteiger partial charge is 0.295 e. The van der Waals surface area contributed by atoms with Crippen molar-refractivity contribution in [2.45, 2.75) is 44.7 Å². The molecule has 2 aliphatic rings. The number of nitro benzene ring substituents is 1. The first-order valence-corrected chi connectivity index (χ1v) is 8.67. The molecule has 2 heterocycles. The van der Waals surface area contributed by atoms with Crippen LogP contribution in [0.1, 0.15) is 31.4 Å². The number of rotatable bonds is 4. The minimum atomic E-state index is -0.354. The summed E-state index contributed by atoms with van der Waals surface area (Å²) in [5.74, 6) is 0. The number of aromatic nitrogens is 1. The summed E-state index contributed by atoms with van der Waals surface area (Å²) >= 11 is 0. The van der Waals surface area contributed by atoms with E-state index in [1.54, 1.807) is 6.07 Å². The van der Waals surface area contributed by atoms with Gasteiger partial charge in [-0.15, -0.1) is 0 Å². The third kappa shape index (κ3) is 2.94. The summed E-state index contributed by atoms with van der Waals surface area (Å²) in [7, 11) is 0. The summed E-state index contributed by atoms with van der Waals surface area (Å²) in [4.78, 5) is 17.9. The predicted molar refractivity (Wildman–Crippen MR) is 94.4 cm³/mol. The fourth-order valence-corrected chi connectivity index (χ4v) is 3.70. The van der Waals surface area contributed by atoms with E-state index in [4.69, 9.17) is 0 Å². The number of non-ortho nitro benzene ring substituents is 1. The lowest BCUT2D eigenvalue weighted by atomic mass is 10.0. The Bertz CT molecular complexity index is 780. The Kier molecular flexibility index (Phi) is 3.84. The van der Waals surface area contributed by atoms with E-state index in [1.165, 1.54) is 18.9 Å². The van der Waals surface area contributed by atoms with Crippen LogP contribution in [0.4, 0.5) is 11.4 Å². The molecule has 1 saturated heterocycles. The maximum absolute atomic E-state index is 11.3. The quantitative estimate of drug-likeness (QED) is 0.688. The molecule has 2 aromatic rings. The van der Waals surface area contributed by atoms with Crippen LogP contribution in [-0.4, -0.2) is 40.0 Å². The highest BCUT2D eigenvalue weighted by atomic mass is 16.6. The van der Waals surface area contributed by atoms with Crippen LogP contribution in [-0.2, 0) is 0 Å². The normalized spacial score (nSPS) is 19.5. The topological polar surface area (TPSA) is 71.3 Å². The molecule has 24 heavy (non-hydrogen) atoms. The van der Waals surface area contributed by atoms with Crippen molar-refractivity contribution in [3.05, 3.63) is 40.1 Å². The van der Waals surface area contributed by atoms with E-state index in [2.05, 4.69) is 15.2 Å². The largest absolute Gasteiger partial charge is 0.382 e. The predicted octanol–water partition coefficient (Wildman–Crippen LogP) is 3.49. The maximum atomic E-state index is 11.3. The van der Waals surface area contributed by atoms with Gasteiger partial charge < -0.3 is 10.2 Å². The molecule has 0 spiro atoms. The van der Waals surface area contributed by atoms with Crippen molar-refractivity contribution in [3.63, 3.8) is 0 Å². The molecule has 1 aromatic heterocycles. The Morgan fingerprint density at radius 2 is 2.00 bits per heavy atom. The van der Waals surface area contributed by atoms with Crippen LogP contribution in [0.5, 0.6) is 0 Å². The number of aryl methyl sites for hydroxylation is 1. The summed E-state index contributed by atoms with van der Waals surface area (Å²) in [6.45, 7) is 4.17. The first-order valence-electron chi connectivity index (χ1n) is 8.67. The SMILES string of the molecule is Cc1cc(NC2CCN(C3CC3)CC2)c2cccc([N+](=O)[O-])c2n1. The molecular formula is C18H22N4O2. The van der Waals surface area contributed by atoms with Crippen LogP contribution in [0.15, 0.2) is 24.3 Å². The number of pyridine rings is 1. The van der Waals surface area contributed by atoms with Gasteiger partial charge in [-0.2, -0.15) is 0 Å². The monoisotopic (exact) mass is 326 g/mol. The zero-order valence-corrected chi connectivity index (χ0v) is 13.9.